The molecule has 6 nitrogen and oxygen atoms in total. The normalized spacial score (nSPS) is 42.4. The number of hydrogen-bond donors (Lipinski definition) is 1. The van der Waals surface area contributed by atoms with Crippen LogP contribution in [0.1, 0.15) is 101 Å². The molecule has 0 saturated heterocycles. The summed E-state index contributed by atoms with van der Waals surface area (Å²) >= 11 is 0. The minimum Gasteiger partial charge on any atom is -0.462 e. The largest absolute Gasteiger partial charge is 0.462 e. The van der Waals surface area contributed by atoms with Gasteiger partial charge in [-0.05, 0) is 108 Å². The van der Waals surface area contributed by atoms with Crippen LogP contribution in [0, 0.1) is 57.2 Å². The van der Waals surface area contributed by atoms with Gasteiger partial charge in [-0.3, -0.25) is 14.4 Å². The predicted molar refractivity (Wildman–Crippen MR) is 180 cm³/mol. The van der Waals surface area contributed by atoms with E-state index in [1.54, 1.807) is 0 Å². The summed E-state index contributed by atoms with van der Waals surface area (Å²) in [7, 11) is -2.00. The first kappa shape index (κ1) is 34.8. The molecule has 2 unspecified atom stereocenters. The molecule has 0 amide bonds. The zero-order valence-corrected chi connectivity index (χ0v) is 30.9. The molecule has 0 bridgehead atoms. The van der Waals surface area contributed by atoms with Crippen molar-refractivity contribution >= 4 is 25.9 Å². The third-order valence-corrected chi connectivity index (χ3v) is 19.6. The summed E-state index contributed by atoms with van der Waals surface area (Å²) in [6.45, 7) is 27.8. The van der Waals surface area contributed by atoms with Crippen molar-refractivity contribution < 1.29 is 28.7 Å². The molecule has 12 atom stereocenters. The van der Waals surface area contributed by atoms with E-state index in [1.165, 1.54) is 6.92 Å². The average Bonchev–Trinajstić information content (AvgIpc) is 3.55. The van der Waals surface area contributed by atoms with E-state index in [2.05, 4.69) is 67.3 Å². The van der Waals surface area contributed by atoms with E-state index in [1.807, 2.05) is 19.9 Å². The lowest BCUT2D eigenvalue weighted by Gasteiger charge is -2.61. The maximum Gasteiger partial charge on any atom is 0.302 e. The van der Waals surface area contributed by atoms with Crippen LogP contribution in [0.25, 0.3) is 0 Å². The Morgan fingerprint density at radius 1 is 1.13 bits per heavy atom. The Kier molecular flexibility index (Phi) is 8.48. The van der Waals surface area contributed by atoms with Crippen molar-refractivity contribution in [3.05, 3.63) is 24.3 Å². The fourth-order valence-electron chi connectivity index (χ4n) is 11.2. The third-order valence-electron chi connectivity index (χ3n) is 15.1. The van der Waals surface area contributed by atoms with E-state index in [4.69, 9.17) is 9.16 Å². The Bertz CT molecular complexity index is 1300. The van der Waals surface area contributed by atoms with Gasteiger partial charge in [0.15, 0.2) is 19.9 Å². The zero-order chi connectivity index (χ0) is 33.7. The molecule has 5 aliphatic rings. The first-order chi connectivity index (χ1) is 20.6. The lowest BCUT2D eigenvalue weighted by molar-refractivity contribution is -0.154. The fourth-order valence-corrected chi connectivity index (χ4v) is 12.3. The zero-order valence-electron chi connectivity index (χ0n) is 29.9. The van der Waals surface area contributed by atoms with E-state index in [-0.39, 0.29) is 68.1 Å². The van der Waals surface area contributed by atoms with Gasteiger partial charge in [0.25, 0.3) is 0 Å². The van der Waals surface area contributed by atoms with Gasteiger partial charge in [0.2, 0.25) is 0 Å². The first-order valence-corrected chi connectivity index (χ1v) is 20.5. The van der Waals surface area contributed by atoms with Crippen LogP contribution >= 0.6 is 0 Å². The third kappa shape index (κ3) is 4.94. The molecular formula is C38H60O6Si. The highest BCUT2D eigenvalue weighted by Gasteiger charge is 2.81. The number of carbonyl (C=O) groups is 3. The van der Waals surface area contributed by atoms with Gasteiger partial charge in [0.1, 0.15) is 12.2 Å². The SMILES string of the molecule is C=C(C(=O)[C@H](O)[C@@H](C)[C@H]1[C@@H](OC(C)=O)C[C@@]2(C)C3CCC4[C@H](C)C(=O)C=C[C@@]45C[C@@]35CC[C@]12C)[C@@H](C)CO[Si](C)(C)C(C)(C)C. The number of aliphatic hydroxyl groups is 1. The summed E-state index contributed by atoms with van der Waals surface area (Å²) in [5.41, 5.74) is 0.331. The van der Waals surface area contributed by atoms with Gasteiger partial charge in [0, 0.05) is 31.3 Å². The molecule has 0 heterocycles. The molecule has 252 valence electrons. The van der Waals surface area contributed by atoms with Crippen molar-refractivity contribution in [2.24, 2.45) is 57.2 Å². The van der Waals surface area contributed by atoms with Crippen LogP contribution in [0.5, 0.6) is 0 Å². The Hall–Kier alpha value is -1.57. The molecule has 4 fully saturated rings. The highest BCUT2D eigenvalue weighted by Crippen LogP contribution is 2.87. The van der Waals surface area contributed by atoms with Crippen LogP contribution in [0.2, 0.25) is 18.1 Å². The summed E-state index contributed by atoms with van der Waals surface area (Å²) in [6.07, 6.45) is 8.56. The molecule has 7 heteroatoms. The Balaban J connectivity index is 1.39. The van der Waals surface area contributed by atoms with Gasteiger partial charge >= 0.3 is 5.97 Å². The van der Waals surface area contributed by atoms with Gasteiger partial charge in [0.05, 0.1) is 0 Å². The number of rotatable bonds is 9. The molecule has 0 aromatic carbocycles. The summed E-state index contributed by atoms with van der Waals surface area (Å²) in [5.74, 6) is -0.233. The quantitative estimate of drug-likeness (QED) is 0.158. The molecule has 0 aromatic heterocycles. The number of allylic oxidation sites excluding steroid dienone is 2. The second-order valence-corrected chi connectivity index (χ2v) is 22.8. The van der Waals surface area contributed by atoms with Crippen LogP contribution in [0.15, 0.2) is 24.3 Å². The lowest BCUT2D eigenvalue weighted by atomic mass is 9.43. The van der Waals surface area contributed by atoms with Gasteiger partial charge in [-0.2, -0.15) is 0 Å². The number of aliphatic hydroxyl groups excluding tert-OH is 1. The van der Waals surface area contributed by atoms with Crippen LogP contribution in [-0.2, 0) is 23.5 Å². The molecule has 0 aliphatic heterocycles. The minimum atomic E-state index is -2.00. The second-order valence-electron chi connectivity index (χ2n) is 18.0. The Morgan fingerprint density at radius 2 is 1.78 bits per heavy atom. The molecule has 4 saturated carbocycles. The maximum absolute atomic E-state index is 13.8. The molecule has 0 aromatic rings. The Morgan fingerprint density at radius 3 is 2.38 bits per heavy atom. The molecular weight excluding hydrogens is 580 g/mol. The van der Waals surface area contributed by atoms with Crippen LogP contribution < -0.4 is 0 Å². The lowest BCUT2D eigenvalue weighted by Crippen LogP contribution is -2.56. The monoisotopic (exact) mass is 640 g/mol. The molecule has 45 heavy (non-hydrogen) atoms. The average molecular weight is 641 g/mol. The second kappa shape index (κ2) is 11.0. The van der Waals surface area contributed by atoms with E-state index < -0.39 is 20.3 Å². The minimum absolute atomic E-state index is 0.0588. The standard InChI is InChI=1S/C38H60O6Si/c1-22(20-43-45(11,12)34(6,7)8)23(2)32(41)33(42)25(4)31-29(44-26(5)39)19-36(10)30-14-13-27-24(3)28(40)15-16-37(27)21-38(30,37)18-17-35(31,36)9/h15-16,22,24-25,27,29-31,33,42H,2,13-14,17-21H2,1,3-12H3/t22-,24-,25-,27?,29-,30?,31-,33+,35+,36-,37+,38-/m0/s1. The van der Waals surface area contributed by atoms with E-state index >= 15 is 0 Å². The molecule has 2 spiro atoms. The number of Topliss-reactive ketones (excluding diaryl/α,β-unsaturated/α-hetero) is 1. The van der Waals surface area contributed by atoms with Gasteiger partial charge in [-0.25, -0.2) is 0 Å². The van der Waals surface area contributed by atoms with Crippen LogP contribution in [0.4, 0.5) is 0 Å². The van der Waals surface area contributed by atoms with Crippen LogP contribution in [-0.4, -0.2) is 49.8 Å². The molecule has 1 N–H and O–H groups in total. The Labute approximate surface area is 273 Å². The highest BCUT2D eigenvalue weighted by atomic mass is 28.4. The van der Waals surface area contributed by atoms with Crippen molar-refractivity contribution in [2.45, 2.75) is 131 Å². The van der Waals surface area contributed by atoms with Gasteiger partial charge in [-0.15, -0.1) is 0 Å². The number of hydrogen-bond acceptors (Lipinski definition) is 6. The van der Waals surface area contributed by atoms with E-state index in [0.717, 1.165) is 38.5 Å². The van der Waals surface area contributed by atoms with E-state index in [0.29, 0.717) is 24.0 Å². The van der Waals surface area contributed by atoms with Gasteiger partial charge < -0.3 is 14.3 Å². The summed E-state index contributed by atoms with van der Waals surface area (Å²) in [4.78, 5) is 39.0. The summed E-state index contributed by atoms with van der Waals surface area (Å²) < 4.78 is 12.5. The van der Waals surface area contributed by atoms with Crippen molar-refractivity contribution in [3.63, 3.8) is 0 Å². The summed E-state index contributed by atoms with van der Waals surface area (Å²) in [6, 6.07) is 0. The van der Waals surface area contributed by atoms with Gasteiger partial charge in [-0.1, -0.05) is 68.0 Å². The smallest absolute Gasteiger partial charge is 0.302 e. The topological polar surface area (TPSA) is 89.9 Å². The van der Waals surface area contributed by atoms with Crippen molar-refractivity contribution in [1.29, 1.82) is 0 Å². The number of ketones is 2. The highest BCUT2D eigenvalue weighted by molar-refractivity contribution is 6.74. The fraction of sp³-hybridized carbons (Fsp3) is 0.816. The number of carbonyl (C=O) groups excluding carboxylic acids is 3. The summed E-state index contributed by atoms with van der Waals surface area (Å²) in [5, 5.41) is 11.8. The van der Waals surface area contributed by atoms with Crippen LogP contribution in [0.3, 0.4) is 0 Å². The predicted octanol–water partition coefficient (Wildman–Crippen LogP) is 7.70. The molecule has 0 radical (unpaired) electrons. The van der Waals surface area contributed by atoms with Crippen molar-refractivity contribution in [2.75, 3.05) is 6.61 Å². The number of esters is 1. The van der Waals surface area contributed by atoms with Crippen molar-refractivity contribution in [3.8, 4) is 0 Å². The van der Waals surface area contributed by atoms with Crippen molar-refractivity contribution in [1.82, 2.24) is 0 Å². The van der Waals surface area contributed by atoms with E-state index in [9.17, 15) is 19.5 Å². The molecule has 5 rings (SSSR count). The first-order valence-electron chi connectivity index (χ1n) is 17.6. The maximum atomic E-state index is 13.8. The number of fused-ring (bicyclic) bond motifs is 2. The molecule has 5 aliphatic carbocycles. The number of ether oxygens (including phenoxy) is 1.